The maximum absolute atomic E-state index is 14.2. The van der Waals surface area contributed by atoms with E-state index in [0.29, 0.717) is 11.6 Å². The van der Waals surface area contributed by atoms with E-state index in [0.717, 1.165) is 32.2 Å². The molecule has 1 fully saturated rings. The van der Waals surface area contributed by atoms with Gasteiger partial charge in [-0.3, -0.25) is 0 Å². The molecule has 23 heavy (non-hydrogen) atoms. The van der Waals surface area contributed by atoms with Crippen LogP contribution in [0.25, 0.3) is 0 Å². The van der Waals surface area contributed by atoms with Gasteiger partial charge in [0.25, 0.3) is 0 Å². The maximum Gasteiger partial charge on any atom is 0.217 e. The van der Waals surface area contributed by atoms with Crippen molar-refractivity contribution in [1.82, 2.24) is 9.80 Å². The summed E-state index contributed by atoms with van der Waals surface area (Å²) in [6, 6.07) is 1.80. The minimum absolute atomic E-state index is 0.0697. The molecule has 4 rings (SSSR count). The quantitative estimate of drug-likeness (QED) is 0.765. The lowest BCUT2D eigenvalue weighted by atomic mass is 10.0. The standard InChI is InChI=1S/C15H17F2N5O/c1-21-4-6-22(7-5-21)14-13-12(19-15(18)20-14)10-9(23-13)3-2-8(16)11(10)17/h2-3,12-13H,4-7H2,1H3,(H2,18,19). The molecule has 3 heterocycles. The van der Waals surface area contributed by atoms with Gasteiger partial charge in [0.1, 0.15) is 11.8 Å². The Labute approximate surface area is 132 Å². The van der Waals surface area contributed by atoms with E-state index in [1.807, 2.05) is 0 Å². The van der Waals surface area contributed by atoms with Gasteiger partial charge in [0.05, 0.1) is 5.56 Å². The van der Waals surface area contributed by atoms with Crippen LogP contribution in [0, 0.1) is 11.6 Å². The smallest absolute Gasteiger partial charge is 0.217 e. The second-order valence-corrected chi connectivity index (χ2v) is 6.00. The molecule has 3 aliphatic rings. The van der Waals surface area contributed by atoms with E-state index in [1.165, 1.54) is 6.07 Å². The minimum Gasteiger partial charge on any atom is -0.479 e. The van der Waals surface area contributed by atoms with Gasteiger partial charge in [-0.2, -0.15) is 4.99 Å². The molecule has 2 atom stereocenters. The van der Waals surface area contributed by atoms with Crippen LogP contribution in [0.1, 0.15) is 11.6 Å². The second kappa shape index (κ2) is 5.16. The molecule has 6 nitrogen and oxygen atoms in total. The largest absolute Gasteiger partial charge is 0.479 e. The van der Waals surface area contributed by atoms with Gasteiger partial charge in [0.15, 0.2) is 23.6 Å². The predicted molar refractivity (Wildman–Crippen MR) is 81.6 cm³/mol. The minimum atomic E-state index is -0.925. The fraction of sp³-hybridized carbons (Fsp3) is 0.467. The van der Waals surface area contributed by atoms with Crippen LogP contribution in [0.3, 0.4) is 0 Å². The number of guanidine groups is 1. The Morgan fingerprint density at radius 1 is 1.22 bits per heavy atom. The van der Waals surface area contributed by atoms with Gasteiger partial charge in [-0.15, -0.1) is 0 Å². The number of likely N-dealkylation sites (N-methyl/N-ethyl adjacent to an activating group) is 1. The molecular formula is C15H17F2N5O. The molecule has 1 saturated heterocycles. The molecule has 2 unspecified atom stereocenters. The second-order valence-electron chi connectivity index (χ2n) is 6.00. The zero-order chi connectivity index (χ0) is 16.1. The number of rotatable bonds is 0. The molecule has 2 N–H and O–H groups in total. The van der Waals surface area contributed by atoms with E-state index in [4.69, 9.17) is 10.5 Å². The third-order valence-electron chi connectivity index (χ3n) is 4.51. The number of nitrogens with zero attached hydrogens (tertiary/aromatic N) is 4. The van der Waals surface area contributed by atoms with E-state index in [1.54, 1.807) is 0 Å². The molecule has 122 valence electrons. The van der Waals surface area contributed by atoms with Crippen molar-refractivity contribution in [2.45, 2.75) is 12.1 Å². The summed E-state index contributed by atoms with van der Waals surface area (Å²) in [5.41, 5.74) is 5.94. The third-order valence-corrected chi connectivity index (χ3v) is 4.51. The lowest BCUT2D eigenvalue weighted by Gasteiger charge is -2.37. The van der Waals surface area contributed by atoms with Gasteiger partial charge in [-0.25, -0.2) is 13.8 Å². The van der Waals surface area contributed by atoms with Gasteiger partial charge in [-0.05, 0) is 19.2 Å². The number of hydrogen-bond donors (Lipinski definition) is 1. The Morgan fingerprint density at radius 3 is 2.70 bits per heavy atom. The number of hydrogen-bond acceptors (Lipinski definition) is 6. The number of benzene rings is 1. The van der Waals surface area contributed by atoms with Crippen LogP contribution < -0.4 is 10.5 Å². The van der Waals surface area contributed by atoms with Crippen molar-refractivity contribution in [2.75, 3.05) is 33.2 Å². The summed E-state index contributed by atoms with van der Waals surface area (Å²) in [5, 5.41) is 0. The van der Waals surface area contributed by atoms with E-state index in [2.05, 4.69) is 26.8 Å². The molecular weight excluding hydrogens is 304 g/mol. The van der Waals surface area contributed by atoms with Crippen LogP contribution in [0.15, 0.2) is 22.1 Å². The zero-order valence-corrected chi connectivity index (χ0v) is 12.7. The first-order chi connectivity index (χ1) is 11.0. The van der Waals surface area contributed by atoms with Crippen molar-refractivity contribution in [2.24, 2.45) is 15.7 Å². The Balaban J connectivity index is 1.70. The number of halogens is 2. The predicted octanol–water partition coefficient (Wildman–Crippen LogP) is 0.741. The van der Waals surface area contributed by atoms with E-state index in [-0.39, 0.29) is 11.5 Å². The first kappa shape index (κ1) is 14.4. The summed E-state index contributed by atoms with van der Waals surface area (Å²) in [4.78, 5) is 12.8. The summed E-state index contributed by atoms with van der Waals surface area (Å²) in [6.07, 6.45) is -0.558. The van der Waals surface area contributed by atoms with Crippen molar-refractivity contribution in [1.29, 1.82) is 0 Å². The molecule has 0 radical (unpaired) electrons. The molecule has 0 aromatic heterocycles. The number of ether oxygens (including phenoxy) is 1. The Bertz CT molecular complexity index is 712. The molecule has 0 bridgehead atoms. The molecule has 1 aromatic carbocycles. The molecule has 1 aromatic rings. The SMILES string of the molecule is CN1CCN(C2=NC(N)=NC3c4c(ccc(F)c4F)OC23)CC1. The normalized spacial score (nSPS) is 27.0. The average Bonchev–Trinajstić information content (AvgIpc) is 2.90. The highest BCUT2D eigenvalue weighted by Crippen LogP contribution is 2.43. The first-order valence-corrected chi connectivity index (χ1v) is 7.54. The van der Waals surface area contributed by atoms with Gasteiger partial charge >= 0.3 is 0 Å². The summed E-state index contributed by atoms with van der Waals surface area (Å²) in [7, 11) is 2.05. The van der Waals surface area contributed by atoms with Crippen molar-refractivity contribution in [3.05, 3.63) is 29.3 Å². The Hall–Kier alpha value is -2.22. The number of nitrogens with two attached hydrogens (primary N) is 1. The highest BCUT2D eigenvalue weighted by Gasteiger charge is 2.45. The van der Waals surface area contributed by atoms with Crippen LogP contribution in [-0.4, -0.2) is 60.9 Å². The van der Waals surface area contributed by atoms with Crippen LogP contribution in [0.4, 0.5) is 8.78 Å². The molecule has 0 aliphatic carbocycles. The molecule has 3 aliphatic heterocycles. The number of piperazine rings is 1. The lowest BCUT2D eigenvalue weighted by molar-refractivity contribution is 0.189. The average molecular weight is 321 g/mol. The molecule has 0 spiro atoms. The lowest BCUT2D eigenvalue weighted by Crippen LogP contribution is -2.53. The monoisotopic (exact) mass is 321 g/mol. The summed E-state index contributed by atoms with van der Waals surface area (Å²) in [5.74, 6) is -0.817. The van der Waals surface area contributed by atoms with Crippen LogP contribution in [0.2, 0.25) is 0 Å². The van der Waals surface area contributed by atoms with Gasteiger partial charge in [-0.1, -0.05) is 0 Å². The summed E-state index contributed by atoms with van der Waals surface area (Å²) < 4.78 is 33.6. The highest BCUT2D eigenvalue weighted by molar-refractivity contribution is 6.01. The van der Waals surface area contributed by atoms with E-state index >= 15 is 0 Å². The number of aliphatic imine (C=N–C) groups is 2. The van der Waals surface area contributed by atoms with Crippen molar-refractivity contribution in [3.8, 4) is 5.75 Å². The van der Waals surface area contributed by atoms with Crippen molar-refractivity contribution < 1.29 is 13.5 Å². The Morgan fingerprint density at radius 2 is 1.96 bits per heavy atom. The van der Waals surface area contributed by atoms with Crippen LogP contribution in [0.5, 0.6) is 5.75 Å². The highest BCUT2D eigenvalue weighted by atomic mass is 19.2. The van der Waals surface area contributed by atoms with Crippen molar-refractivity contribution >= 4 is 11.8 Å². The summed E-state index contributed by atoms with van der Waals surface area (Å²) >= 11 is 0. The zero-order valence-electron chi connectivity index (χ0n) is 12.7. The fourth-order valence-electron chi connectivity index (χ4n) is 3.24. The van der Waals surface area contributed by atoms with E-state index < -0.39 is 23.8 Å². The number of fused-ring (bicyclic) bond motifs is 3. The maximum atomic E-state index is 14.2. The van der Waals surface area contributed by atoms with Gasteiger partial charge in [0.2, 0.25) is 5.96 Å². The third kappa shape index (κ3) is 2.24. The first-order valence-electron chi connectivity index (χ1n) is 7.54. The summed E-state index contributed by atoms with van der Waals surface area (Å²) in [6.45, 7) is 3.34. The molecule has 0 saturated carbocycles. The van der Waals surface area contributed by atoms with Crippen molar-refractivity contribution in [3.63, 3.8) is 0 Å². The number of amidine groups is 1. The molecule has 0 amide bonds. The van der Waals surface area contributed by atoms with Gasteiger partial charge in [0, 0.05) is 26.2 Å². The van der Waals surface area contributed by atoms with Crippen LogP contribution >= 0.6 is 0 Å². The topological polar surface area (TPSA) is 66.5 Å². The van der Waals surface area contributed by atoms with Crippen LogP contribution in [-0.2, 0) is 0 Å². The van der Waals surface area contributed by atoms with E-state index in [9.17, 15) is 8.78 Å². The van der Waals surface area contributed by atoms with Gasteiger partial charge < -0.3 is 20.3 Å². The molecule has 8 heteroatoms. The Kier molecular flexibility index (Phi) is 3.22. The fourth-order valence-corrected chi connectivity index (χ4v) is 3.24.